The number of thiazole rings is 1. The van der Waals surface area contributed by atoms with Crippen molar-refractivity contribution in [3.63, 3.8) is 0 Å². The molecule has 0 spiro atoms. The third-order valence-corrected chi connectivity index (χ3v) is 6.77. The van der Waals surface area contributed by atoms with Crippen LogP contribution in [0.2, 0.25) is 0 Å². The van der Waals surface area contributed by atoms with Gasteiger partial charge >= 0.3 is 5.97 Å². The molecule has 6 nitrogen and oxygen atoms in total. The van der Waals surface area contributed by atoms with Crippen molar-refractivity contribution in [1.29, 1.82) is 0 Å². The lowest BCUT2D eigenvalue weighted by Crippen LogP contribution is -2.40. The van der Waals surface area contributed by atoms with Crippen molar-refractivity contribution >= 4 is 29.2 Å². The monoisotopic (exact) mass is 445 g/mol. The van der Waals surface area contributed by atoms with E-state index >= 15 is 0 Å². The van der Waals surface area contributed by atoms with Crippen LogP contribution in [-0.4, -0.2) is 45.3 Å². The molecule has 5 atom stereocenters. The van der Waals surface area contributed by atoms with Crippen molar-refractivity contribution in [3.05, 3.63) is 45.5 Å². The number of Topliss-reactive ketones (excluding diaryl/α,β-unsaturated/α-hetero) is 1. The molecule has 1 aromatic rings. The summed E-state index contributed by atoms with van der Waals surface area (Å²) in [4.78, 5) is 29.7. The first-order valence-electron chi connectivity index (χ1n) is 10.8. The summed E-state index contributed by atoms with van der Waals surface area (Å²) in [5, 5.41) is 24.0. The Hall–Kier alpha value is -2.09. The molecule has 0 aromatic carbocycles. The Bertz CT molecular complexity index is 900. The third kappa shape index (κ3) is 5.99. The van der Waals surface area contributed by atoms with Crippen LogP contribution in [0, 0.1) is 18.8 Å². The number of hydrogen-bond donors (Lipinski definition) is 2. The minimum absolute atomic E-state index is 0.204. The van der Waals surface area contributed by atoms with Crippen molar-refractivity contribution in [2.75, 3.05) is 0 Å². The van der Waals surface area contributed by atoms with E-state index < -0.39 is 30.2 Å². The second-order valence-corrected chi connectivity index (χ2v) is 9.51. The molecule has 2 bridgehead atoms. The molecule has 0 unspecified atom stereocenters. The van der Waals surface area contributed by atoms with E-state index in [1.807, 2.05) is 31.4 Å². The number of aryl methyl sites for hydroxylation is 1. The molecule has 0 saturated heterocycles. The number of nitrogens with zero attached hydrogens (tertiary/aromatic N) is 1. The second kappa shape index (κ2) is 10.5. The zero-order valence-corrected chi connectivity index (χ0v) is 19.1. The van der Waals surface area contributed by atoms with Crippen LogP contribution in [0.5, 0.6) is 0 Å². The van der Waals surface area contributed by atoms with Crippen molar-refractivity contribution < 1.29 is 24.5 Å². The van der Waals surface area contributed by atoms with Gasteiger partial charge in [-0.3, -0.25) is 9.59 Å². The van der Waals surface area contributed by atoms with E-state index in [0.717, 1.165) is 35.5 Å². The predicted octanol–water partition coefficient (Wildman–Crippen LogP) is 3.77. The Morgan fingerprint density at radius 1 is 1.29 bits per heavy atom. The summed E-state index contributed by atoms with van der Waals surface area (Å²) in [7, 11) is 0. The molecule has 2 N–H and O–H groups in total. The van der Waals surface area contributed by atoms with Gasteiger partial charge in [-0.25, -0.2) is 4.98 Å². The number of cyclic esters (lactones) is 1. The number of allylic oxidation sites excluding steroid dienone is 1. The average Bonchev–Trinajstić information content (AvgIpc) is 3.13. The van der Waals surface area contributed by atoms with Gasteiger partial charge in [0.2, 0.25) is 0 Å². The Labute approximate surface area is 187 Å². The number of carbonyl (C=O) groups excluding carboxylic acids is 2. The first-order chi connectivity index (χ1) is 14.8. The Balaban J connectivity index is 1.81. The van der Waals surface area contributed by atoms with Gasteiger partial charge in [0, 0.05) is 29.2 Å². The fourth-order valence-electron chi connectivity index (χ4n) is 4.11. The zero-order valence-electron chi connectivity index (χ0n) is 18.3. The van der Waals surface area contributed by atoms with E-state index in [4.69, 9.17) is 4.74 Å². The summed E-state index contributed by atoms with van der Waals surface area (Å²) in [6, 6.07) is 0. The number of aromatic nitrogens is 1. The number of aliphatic hydroxyl groups excluding tert-OH is 2. The number of esters is 1. The number of ketones is 1. The number of carbonyl (C=O) groups is 2. The standard InChI is InChI=1S/C24H31NO5S/c1-14(10-18-13-31-16(3)25-18)21-9-7-5-4-6-8-17-11-19(20(26)12-22(27)30-21)24(29)15(2)23(17)28/h5,7,10-11,13,15,17,20-21,23,26,28H,4,6,8-9,12H2,1-3H3/b7-5-,14-10+/t15-,17-,20+,21+,23-/m1/s1. The Morgan fingerprint density at radius 3 is 2.77 bits per heavy atom. The van der Waals surface area contributed by atoms with E-state index in [9.17, 15) is 19.8 Å². The largest absolute Gasteiger partial charge is 0.457 e. The highest BCUT2D eigenvalue weighted by Crippen LogP contribution is 2.32. The molecule has 0 saturated carbocycles. The van der Waals surface area contributed by atoms with E-state index in [2.05, 4.69) is 11.1 Å². The third-order valence-electron chi connectivity index (χ3n) is 5.98. The maximum Gasteiger partial charge on any atom is 0.309 e. The highest BCUT2D eigenvalue weighted by atomic mass is 32.1. The summed E-state index contributed by atoms with van der Waals surface area (Å²) in [5.41, 5.74) is 1.92. The van der Waals surface area contributed by atoms with Crippen molar-refractivity contribution in [2.24, 2.45) is 11.8 Å². The van der Waals surface area contributed by atoms with Crippen molar-refractivity contribution in [2.45, 2.75) is 71.2 Å². The van der Waals surface area contributed by atoms with Gasteiger partial charge in [0.1, 0.15) is 6.10 Å². The van der Waals surface area contributed by atoms with Gasteiger partial charge in [0.25, 0.3) is 0 Å². The molecule has 3 rings (SSSR count). The van der Waals surface area contributed by atoms with Crippen molar-refractivity contribution in [3.8, 4) is 0 Å². The number of aliphatic hydroxyl groups is 2. The molecular formula is C24H31NO5S. The summed E-state index contributed by atoms with van der Waals surface area (Å²) in [6.45, 7) is 5.51. The first kappa shape index (κ1) is 23.6. The van der Waals surface area contributed by atoms with Gasteiger partial charge < -0.3 is 14.9 Å². The van der Waals surface area contributed by atoms with Crippen LogP contribution < -0.4 is 0 Å². The van der Waals surface area contributed by atoms with Crippen molar-refractivity contribution in [1.82, 2.24) is 4.98 Å². The zero-order chi connectivity index (χ0) is 22.5. The van der Waals surface area contributed by atoms with E-state index in [1.165, 1.54) is 0 Å². The molecule has 168 valence electrons. The molecule has 1 aliphatic carbocycles. The van der Waals surface area contributed by atoms with Crippen LogP contribution in [0.4, 0.5) is 0 Å². The van der Waals surface area contributed by atoms with Crippen LogP contribution in [-0.2, 0) is 14.3 Å². The molecule has 0 fully saturated rings. The smallest absolute Gasteiger partial charge is 0.309 e. The van der Waals surface area contributed by atoms with E-state index in [0.29, 0.717) is 6.42 Å². The lowest BCUT2D eigenvalue weighted by molar-refractivity contribution is -0.149. The minimum atomic E-state index is -1.23. The maximum absolute atomic E-state index is 12.6. The lowest BCUT2D eigenvalue weighted by Gasteiger charge is -2.32. The fourth-order valence-corrected chi connectivity index (χ4v) is 4.68. The number of fused-ring (bicyclic) bond motifs is 1. The summed E-state index contributed by atoms with van der Waals surface area (Å²) < 4.78 is 5.70. The molecule has 2 aliphatic rings. The lowest BCUT2D eigenvalue weighted by atomic mass is 9.76. The van der Waals surface area contributed by atoms with Crippen LogP contribution >= 0.6 is 11.3 Å². The van der Waals surface area contributed by atoms with Gasteiger partial charge in [-0.1, -0.05) is 25.2 Å². The Kier molecular flexibility index (Phi) is 7.97. The number of hydrogen-bond acceptors (Lipinski definition) is 7. The quantitative estimate of drug-likeness (QED) is 0.531. The van der Waals surface area contributed by atoms with Gasteiger partial charge in [-0.05, 0) is 44.8 Å². The SMILES string of the molecule is C/C(=C\c1csc(C)n1)[C@@H]1C/C=C\CCC[C@@H]2C=C(C(=O)[C@H](C)[C@H]2O)[C@@H](O)CC(=O)O1. The van der Waals surface area contributed by atoms with Crippen LogP contribution in [0.25, 0.3) is 6.08 Å². The molecule has 2 heterocycles. The second-order valence-electron chi connectivity index (χ2n) is 8.45. The fraction of sp³-hybridized carbons (Fsp3) is 0.542. The molecule has 7 heteroatoms. The Morgan fingerprint density at radius 2 is 2.06 bits per heavy atom. The molecular weight excluding hydrogens is 414 g/mol. The maximum atomic E-state index is 12.6. The van der Waals surface area contributed by atoms with Gasteiger partial charge in [-0.15, -0.1) is 11.3 Å². The van der Waals surface area contributed by atoms with Crippen LogP contribution in [0.3, 0.4) is 0 Å². The molecule has 1 aliphatic heterocycles. The highest BCUT2D eigenvalue weighted by molar-refractivity contribution is 7.09. The van der Waals surface area contributed by atoms with Gasteiger partial charge in [0.05, 0.1) is 29.3 Å². The number of rotatable bonds is 2. The molecule has 31 heavy (non-hydrogen) atoms. The summed E-state index contributed by atoms with van der Waals surface area (Å²) in [5.74, 6) is -1.67. The van der Waals surface area contributed by atoms with Crippen LogP contribution in [0.15, 0.2) is 34.8 Å². The average molecular weight is 446 g/mol. The summed E-state index contributed by atoms with van der Waals surface area (Å²) >= 11 is 1.56. The number of ether oxygens (including phenoxy) is 1. The van der Waals surface area contributed by atoms with E-state index in [1.54, 1.807) is 24.3 Å². The topological polar surface area (TPSA) is 96.7 Å². The predicted molar refractivity (Wildman–Crippen MR) is 120 cm³/mol. The molecule has 0 amide bonds. The first-order valence-corrected chi connectivity index (χ1v) is 11.7. The van der Waals surface area contributed by atoms with Gasteiger partial charge in [0.15, 0.2) is 5.78 Å². The molecule has 1 aromatic heterocycles. The van der Waals surface area contributed by atoms with Crippen LogP contribution in [0.1, 0.15) is 56.7 Å². The van der Waals surface area contributed by atoms with E-state index in [-0.39, 0.29) is 23.7 Å². The minimum Gasteiger partial charge on any atom is -0.457 e. The molecule has 0 radical (unpaired) electrons. The van der Waals surface area contributed by atoms with Gasteiger partial charge in [-0.2, -0.15) is 0 Å². The normalized spacial score (nSPS) is 32.1. The highest BCUT2D eigenvalue weighted by Gasteiger charge is 2.38. The summed E-state index contributed by atoms with van der Waals surface area (Å²) in [6.07, 6.45) is 7.81.